The maximum atomic E-state index is 6.08. The maximum absolute atomic E-state index is 6.08. The van der Waals surface area contributed by atoms with Gasteiger partial charge in [0.2, 0.25) is 0 Å². The molecule has 0 aliphatic carbocycles. The van der Waals surface area contributed by atoms with Crippen LogP contribution in [0.5, 0.6) is 11.5 Å². The summed E-state index contributed by atoms with van der Waals surface area (Å²) in [4.78, 5) is 0. The van der Waals surface area contributed by atoms with E-state index in [2.05, 4.69) is 15.7 Å². The van der Waals surface area contributed by atoms with Gasteiger partial charge in [-0.2, -0.15) is 5.10 Å². The lowest BCUT2D eigenvalue weighted by atomic mass is 10.1. The van der Waals surface area contributed by atoms with E-state index in [-0.39, 0.29) is 0 Å². The predicted octanol–water partition coefficient (Wildman–Crippen LogP) is 5.22. The molecule has 1 aromatic heterocycles. The van der Waals surface area contributed by atoms with Crippen LogP contribution >= 0.6 is 23.8 Å². The zero-order chi connectivity index (χ0) is 22.9. The van der Waals surface area contributed by atoms with Gasteiger partial charge >= 0.3 is 0 Å². The Balaban J connectivity index is 1.51. The molecule has 6 nitrogen and oxygen atoms in total. The van der Waals surface area contributed by atoms with Gasteiger partial charge in [-0.25, -0.2) is 0 Å². The quantitative estimate of drug-likeness (QED) is 0.394. The van der Waals surface area contributed by atoms with Gasteiger partial charge in [-0.05, 0) is 74.8 Å². The number of ether oxygens (including phenoxy) is 2. The highest BCUT2D eigenvalue weighted by Gasteiger charge is 2.08. The first-order chi connectivity index (χ1) is 15.5. The molecule has 0 spiro atoms. The van der Waals surface area contributed by atoms with Gasteiger partial charge in [0.25, 0.3) is 0 Å². The van der Waals surface area contributed by atoms with Crippen molar-refractivity contribution >= 4 is 34.7 Å². The Morgan fingerprint density at radius 3 is 2.56 bits per heavy atom. The molecule has 0 saturated carbocycles. The Labute approximate surface area is 199 Å². The third kappa shape index (κ3) is 6.87. The summed E-state index contributed by atoms with van der Waals surface area (Å²) < 4.78 is 13.2. The standard InChI is InChI=1S/C24H29ClN4O2S/c1-4-30-21-10-9-18(15-22(21)31-5-2)11-12-26-24(32)27-23-13-17(3)29(28-23)16-19-7-6-8-20(25)14-19/h6-10,13-15H,4-5,11-12,16H2,1-3H3,(H2,26,27,28,32). The first-order valence-corrected chi connectivity index (χ1v) is 11.5. The molecule has 170 valence electrons. The van der Waals surface area contributed by atoms with E-state index in [0.29, 0.717) is 37.2 Å². The van der Waals surface area contributed by atoms with E-state index in [9.17, 15) is 0 Å². The van der Waals surface area contributed by atoms with Crippen LogP contribution in [0.25, 0.3) is 0 Å². The number of nitrogens with zero attached hydrogens (tertiary/aromatic N) is 2. The lowest BCUT2D eigenvalue weighted by Crippen LogP contribution is -2.30. The molecule has 2 aromatic carbocycles. The highest BCUT2D eigenvalue weighted by Crippen LogP contribution is 2.28. The van der Waals surface area contributed by atoms with Crippen molar-refractivity contribution in [2.75, 3.05) is 25.1 Å². The average Bonchev–Trinajstić information content (AvgIpc) is 3.08. The van der Waals surface area contributed by atoms with Gasteiger partial charge in [0.15, 0.2) is 22.4 Å². The molecular weight excluding hydrogens is 444 g/mol. The minimum absolute atomic E-state index is 0.536. The van der Waals surface area contributed by atoms with Gasteiger partial charge in [0, 0.05) is 23.3 Å². The Morgan fingerprint density at radius 1 is 1.03 bits per heavy atom. The zero-order valence-corrected chi connectivity index (χ0v) is 20.2. The highest BCUT2D eigenvalue weighted by molar-refractivity contribution is 7.80. The predicted molar refractivity (Wildman–Crippen MR) is 134 cm³/mol. The summed E-state index contributed by atoms with van der Waals surface area (Å²) in [6.45, 7) is 8.48. The molecule has 1 heterocycles. The second-order valence-corrected chi connectivity index (χ2v) is 8.08. The number of halogens is 1. The molecule has 8 heteroatoms. The van der Waals surface area contributed by atoms with Crippen LogP contribution in [0.15, 0.2) is 48.5 Å². The largest absolute Gasteiger partial charge is 0.490 e. The van der Waals surface area contributed by atoms with Crippen molar-refractivity contribution in [2.45, 2.75) is 33.7 Å². The Kier molecular flexibility index (Phi) is 8.76. The minimum Gasteiger partial charge on any atom is -0.490 e. The Bertz CT molecular complexity index is 1050. The summed E-state index contributed by atoms with van der Waals surface area (Å²) in [5, 5.41) is 12.3. The minimum atomic E-state index is 0.536. The fourth-order valence-corrected chi connectivity index (χ4v) is 3.69. The van der Waals surface area contributed by atoms with Crippen LogP contribution in [0, 0.1) is 6.92 Å². The number of benzene rings is 2. The second kappa shape index (κ2) is 11.7. The van der Waals surface area contributed by atoms with Crippen LogP contribution in [-0.2, 0) is 13.0 Å². The molecule has 0 atom stereocenters. The summed E-state index contributed by atoms with van der Waals surface area (Å²) in [5.41, 5.74) is 3.28. The van der Waals surface area contributed by atoms with Crippen molar-refractivity contribution < 1.29 is 9.47 Å². The summed E-state index contributed by atoms with van der Waals surface area (Å²) >= 11 is 11.5. The molecule has 0 saturated heterocycles. The van der Waals surface area contributed by atoms with E-state index in [1.807, 2.05) is 74.0 Å². The molecule has 32 heavy (non-hydrogen) atoms. The van der Waals surface area contributed by atoms with Crippen LogP contribution in [0.4, 0.5) is 5.82 Å². The number of nitrogens with one attached hydrogen (secondary N) is 2. The lowest BCUT2D eigenvalue weighted by Gasteiger charge is -2.13. The molecule has 0 aliphatic rings. The van der Waals surface area contributed by atoms with Crippen LogP contribution in [0.3, 0.4) is 0 Å². The normalized spacial score (nSPS) is 10.6. The van der Waals surface area contributed by atoms with E-state index in [4.69, 9.17) is 33.3 Å². The molecule has 0 radical (unpaired) electrons. The number of aryl methyl sites for hydroxylation is 1. The van der Waals surface area contributed by atoms with E-state index >= 15 is 0 Å². The second-order valence-electron chi connectivity index (χ2n) is 7.24. The third-order valence-electron chi connectivity index (χ3n) is 4.75. The van der Waals surface area contributed by atoms with Crippen LogP contribution in [-0.4, -0.2) is 34.7 Å². The molecule has 0 bridgehead atoms. The first kappa shape index (κ1) is 23.9. The van der Waals surface area contributed by atoms with E-state index < -0.39 is 0 Å². The van der Waals surface area contributed by atoms with Gasteiger partial charge in [0.05, 0.1) is 19.8 Å². The first-order valence-electron chi connectivity index (χ1n) is 10.7. The van der Waals surface area contributed by atoms with Crippen molar-refractivity contribution in [3.63, 3.8) is 0 Å². The summed E-state index contributed by atoms with van der Waals surface area (Å²) in [6, 6.07) is 15.8. The number of rotatable bonds is 10. The van der Waals surface area contributed by atoms with Crippen molar-refractivity contribution in [1.82, 2.24) is 15.1 Å². The van der Waals surface area contributed by atoms with Crippen molar-refractivity contribution in [2.24, 2.45) is 0 Å². The summed E-state index contributed by atoms with van der Waals surface area (Å²) in [7, 11) is 0. The fraction of sp³-hybridized carbons (Fsp3) is 0.333. The number of anilines is 1. The molecule has 3 rings (SSSR count). The number of aromatic nitrogens is 2. The lowest BCUT2D eigenvalue weighted by molar-refractivity contribution is 0.287. The van der Waals surface area contributed by atoms with Crippen molar-refractivity contribution in [3.05, 3.63) is 70.4 Å². The van der Waals surface area contributed by atoms with E-state index in [1.165, 1.54) is 0 Å². The summed E-state index contributed by atoms with van der Waals surface area (Å²) in [6.07, 6.45) is 0.802. The summed E-state index contributed by atoms with van der Waals surface area (Å²) in [5.74, 6) is 2.25. The number of thiocarbonyl (C=S) groups is 1. The molecule has 3 aromatic rings. The van der Waals surface area contributed by atoms with Crippen molar-refractivity contribution in [3.8, 4) is 11.5 Å². The third-order valence-corrected chi connectivity index (χ3v) is 5.23. The monoisotopic (exact) mass is 472 g/mol. The molecule has 0 aliphatic heterocycles. The van der Waals surface area contributed by atoms with Crippen LogP contribution in [0.2, 0.25) is 5.02 Å². The van der Waals surface area contributed by atoms with Gasteiger partial charge < -0.3 is 20.1 Å². The van der Waals surface area contributed by atoms with Crippen LogP contribution in [0.1, 0.15) is 30.7 Å². The van der Waals surface area contributed by atoms with Gasteiger partial charge in [-0.3, -0.25) is 4.68 Å². The molecule has 0 unspecified atom stereocenters. The smallest absolute Gasteiger partial charge is 0.172 e. The number of hydrogen-bond acceptors (Lipinski definition) is 4. The van der Waals surface area contributed by atoms with E-state index in [0.717, 1.165) is 39.8 Å². The van der Waals surface area contributed by atoms with Gasteiger partial charge in [-0.1, -0.05) is 29.8 Å². The van der Waals surface area contributed by atoms with Gasteiger partial charge in [-0.15, -0.1) is 0 Å². The molecular formula is C24H29ClN4O2S. The van der Waals surface area contributed by atoms with Crippen molar-refractivity contribution in [1.29, 1.82) is 0 Å². The topological polar surface area (TPSA) is 60.3 Å². The zero-order valence-electron chi connectivity index (χ0n) is 18.7. The Hall–Kier alpha value is -2.77. The highest BCUT2D eigenvalue weighted by atomic mass is 35.5. The van der Waals surface area contributed by atoms with Gasteiger partial charge in [0.1, 0.15) is 0 Å². The maximum Gasteiger partial charge on any atom is 0.172 e. The number of hydrogen-bond donors (Lipinski definition) is 2. The Morgan fingerprint density at radius 2 is 1.81 bits per heavy atom. The SMILES string of the molecule is CCOc1ccc(CCNC(=S)Nc2cc(C)n(Cc3cccc(Cl)c3)n2)cc1OCC. The molecule has 2 N–H and O–H groups in total. The van der Waals surface area contributed by atoms with Crippen LogP contribution < -0.4 is 20.1 Å². The average molecular weight is 473 g/mol. The molecule has 0 fully saturated rings. The van der Waals surface area contributed by atoms with E-state index in [1.54, 1.807) is 0 Å². The fourth-order valence-electron chi connectivity index (χ4n) is 3.27. The molecule has 0 amide bonds.